The average molecular weight is 361 g/mol. The Morgan fingerprint density at radius 3 is 2.88 bits per heavy atom. The molecule has 0 radical (unpaired) electrons. The molecule has 8 heteroatoms. The second-order valence-corrected chi connectivity index (χ2v) is 7.46. The maximum atomic E-state index is 12.3. The Morgan fingerprint density at radius 2 is 2.16 bits per heavy atom. The zero-order valence-electron chi connectivity index (χ0n) is 14.4. The van der Waals surface area contributed by atoms with Crippen molar-refractivity contribution in [2.45, 2.75) is 37.5 Å². The lowest BCUT2D eigenvalue weighted by Crippen LogP contribution is -2.32. The number of rotatable bonds is 7. The molecule has 0 atom stereocenters. The molecule has 1 aliphatic rings. The van der Waals surface area contributed by atoms with Gasteiger partial charge in [-0.3, -0.25) is 14.3 Å². The van der Waals surface area contributed by atoms with Gasteiger partial charge in [-0.2, -0.15) is 0 Å². The van der Waals surface area contributed by atoms with E-state index in [2.05, 4.69) is 15.4 Å². The molecule has 0 spiro atoms. The standard InChI is InChI=1S/C17H23N5O2S/c1-21-16(14-8-4-5-9-18-14)20-22(17(21)24)11-10-19-15(23)12-25-13-6-2-3-7-13/h4-5,8-9,13H,2-3,6-7,10-12H2,1H3,(H,19,23). The Kier molecular flexibility index (Phi) is 5.91. The Hall–Kier alpha value is -2.09. The van der Waals surface area contributed by atoms with Gasteiger partial charge in [0.05, 0.1) is 12.3 Å². The van der Waals surface area contributed by atoms with Crippen molar-refractivity contribution < 1.29 is 4.79 Å². The Bertz CT molecular complexity index is 765. The molecule has 1 aliphatic carbocycles. The zero-order valence-corrected chi connectivity index (χ0v) is 15.2. The van der Waals surface area contributed by atoms with Gasteiger partial charge >= 0.3 is 5.69 Å². The number of hydrogen-bond donors (Lipinski definition) is 1. The molecule has 0 unspecified atom stereocenters. The van der Waals surface area contributed by atoms with Gasteiger partial charge in [0.2, 0.25) is 5.91 Å². The van der Waals surface area contributed by atoms with E-state index >= 15 is 0 Å². The fourth-order valence-corrected chi connectivity index (χ4v) is 4.11. The normalized spacial score (nSPS) is 14.8. The number of nitrogens with one attached hydrogen (secondary N) is 1. The highest BCUT2D eigenvalue weighted by atomic mass is 32.2. The fraction of sp³-hybridized carbons (Fsp3) is 0.529. The smallest absolute Gasteiger partial charge is 0.346 e. The molecule has 1 N–H and O–H groups in total. The lowest BCUT2D eigenvalue weighted by atomic mass is 10.3. The molecule has 2 heterocycles. The summed E-state index contributed by atoms with van der Waals surface area (Å²) in [6.45, 7) is 0.738. The summed E-state index contributed by atoms with van der Waals surface area (Å²) in [5.41, 5.74) is 0.438. The highest BCUT2D eigenvalue weighted by molar-refractivity contribution is 8.00. The topological polar surface area (TPSA) is 81.8 Å². The third-order valence-corrected chi connectivity index (χ3v) is 5.70. The second-order valence-electron chi connectivity index (χ2n) is 6.17. The number of thioether (sulfide) groups is 1. The first-order valence-electron chi connectivity index (χ1n) is 8.58. The summed E-state index contributed by atoms with van der Waals surface area (Å²) in [6.07, 6.45) is 6.66. The van der Waals surface area contributed by atoms with Crippen LogP contribution < -0.4 is 11.0 Å². The molecule has 0 bridgehead atoms. The summed E-state index contributed by atoms with van der Waals surface area (Å²) in [5.74, 6) is 1.03. The first kappa shape index (κ1) is 17.7. The summed E-state index contributed by atoms with van der Waals surface area (Å²) < 4.78 is 2.84. The van der Waals surface area contributed by atoms with E-state index in [-0.39, 0.29) is 11.6 Å². The summed E-state index contributed by atoms with van der Waals surface area (Å²) >= 11 is 1.74. The molecule has 25 heavy (non-hydrogen) atoms. The zero-order chi connectivity index (χ0) is 17.6. The van der Waals surface area contributed by atoms with Crippen LogP contribution in [0.2, 0.25) is 0 Å². The Balaban J connectivity index is 1.51. The van der Waals surface area contributed by atoms with Crippen LogP contribution in [0.4, 0.5) is 0 Å². The molecular weight excluding hydrogens is 338 g/mol. The van der Waals surface area contributed by atoms with Gasteiger partial charge < -0.3 is 5.32 Å². The molecule has 1 fully saturated rings. The van der Waals surface area contributed by atoms with Crippen molar-refractivity contribution in [2.75, 3.05) is 12.3 Å². The predicted octanol–water partition coefficient (Wildman–Crippen LogP) is 1.44. The van der Waals surface area contributed by atoms with E-state index < -0.39 is 0 Å². The van der Waals surface area contributed by atoms with E-state index in [1.807, 2.05) is 18.2 Å². The highest BCUT2D eigenvalue weighted by Crippen LogP contribution is 2.28. The van der Waals surface area contributed by atoms with Crippen LogP contribution in [0.3, 0.4) is 0 Å². The maximum Gasteiger partial charge on any atom is 0.346 e. The minimum absolute atomic E-state index is 0.0193. The Morgan fingerprint density at radius 1 is 1.36 bits per heavy atom. The van der Waals surface area contributed by atoms with Gasteiger partial charge in [0.25, 0.3) is 0 Å². The van der Waals surface area contributed by atoms with E-state index in [0.717, 1.165) is 0 Å². The molecular formula is C17H23N5O2S. The van der Waals surface area contributed by atoms with Crippen molar-refractivity contribution in [1.29, 1.82) is 0 Å². The quantitative estimate of drug-likeness (QED) is 0.807. The molecule has 1 saturated carbocycles. The van der Waals surface area contributed by atoms with Crippen molar-refractivity contribution in [3.63, 3.8) is 0 Å². The van der Waals surface area contributed by atoms with E-state index in [1.165, 1.54) is 34.9 Å². The van der Waals surface area contributed by atoms with Crippen LogP contribution in [0.25, 0.3) is 11.5 Å². The van der Waals surface area contributed by atoms with Gasteiger partial charge in [-0.1, -0.05) is 18.9 Å². The number of nitrogens with zero attached hydrogens (tertiary/aromatic N) is 4. The number of aromatic nitrogens is 4. The number of carbonyl (C=O) groups excluding carboxylic acids is 1. The third-order valence-electron chi connectivity index (χ3n) is 4.33. The minimum Gasteiger partial charge on any atom is -0.354 e. The van der Waals surface area contributed by atoms with Crippen LogP contribution >= 0.6 is 11.8 Å². The molecule has 3 rings (SSSR count). The molecule has 2 aromatic heterocycles. The van der Waals surface area contributed by atoms with Crippen LogP contribution in [0.15, 0.2) is 29.2 Å². The van der Waals surface area contributed by atoms with Crippen LogP contribution in [0.1, 0.15) is 25.7 Å². The lowest BCUT2D eigenvalue weighted by molar-refractivity contribution is -0.118. The molecule has 2 aromatic rings. The van der Waals surface area contributed by atoms with E-state index in [0.29, 0.717) is 35.6 Å². The summed E-state index contributed by atoms with van der Waals surface area (Å²) in [6, 6.07) is 5.49. The van der Waals surface area contributed by atoms with Crippen molar-refractivity contribution >= 4 is 17.7 Å². The van der Waals surface area contributed by atoms with E-state index in [4.69, 9.17) is 0 Å². The third kappa shape index (κ3) is 4.50. The molecule has 134 valence electrons. The van der Waals surface area contributed by atoms with Crippen molar-refractivity contribution in [3.8, 4) is 11.5 Å². The number of amides is 1. The van der Waals surface area contributed by atoms with Crippen LogP contribution in [0.5, 0.6) is 0 Å². The summed E-state index contributed by atoms with van der Waals surface area (Å²) in [7, 11) is 1.67. The molecule has 1 amide bonds. The monoisotopic (exact) mass is 361 g/mol. The van der Waals surface area contributed by atoms with Crippen molar-refractivity contribution in [2.24, 2.45) is 7.05 Å². The minimum atomic E-state index is -0.213. The molecule has 0 saturated heterocycles. The number of hydrogen-bond acceptors (Lipinski definition) is 5. The SMILES string of the molecule is Cn1c(-c2ccccn2)nn(CCNC(=O)CSC2CCCC2)c1=O. The number of carbonyl (C=O) groups is 1. The summed E-state index contributed by atoms with van der Waals surface area (Å²) in [4.78, 5) is 28.4. The Labute approximate surface area is 150 Å². The van der Waals surface area contributed by atoms with Gasteiger partial charge in [0, 0.05) is 25.0 Å². The van der Waals surface area contributed by atoms with Gasteiger partial charge in [-0.15, -0.1) is 16.9 Å². The van der Waals surface area contributed by atoms with Crippen molar-refractivity contribution in [1.82, 2.24) is 24.6 Å². The van der Waals surface area contributed by atoms with E-state index in [9.17, 15) is 9.59 Å². The van der Waals surface area contributed by atoms with Crippen LogP contribution in [-0.2, 0) is 18.4 Å². The lowest BCUT2D eigenvalue weighted by Gasteiger charge is -2.08. The van der Waals surface area contributed by atoms with Gasteiger partial charge in [0.1, 0.15) is 5.69 Å². The van der Waals surface area contributed by atoms with E-state index in [1.54, 1.807) is 25.0 Å². The van der Waals surface area contributed by atoms with Gasteiger partial charge in [0.15, 0.2) is 5.82 Å². The highest BCUT2D eigenvalue weighted by Gasteiger charge is 2.17. The first-order valence-corrected chi connectivity index (χ1v) is 9.63. The second kappa shape index (κ2) is 8.33. The largest absolute Gasteiger partial charge is 0.354 e. The van der Waals surface area contributed by atoms with Crippen molar-refractivity contribution in [3.05, 3.63) is 34.9 Å². The first-order chi connectivity index (χ1) is 12.1. The van der Waals surface area contributed by atoms with Gasteiger partial charge in [-0.05, 0) is 25.0 Å². The van der Waals surface area contributed by atoms with Gasteiger partial charge in [-0.25, -0.2) is 9.48 Å². The van der Waals surface area contributed by atoms with Crippen LogP contribution in [-0.4, -0.2) is 42.8 Å². The number of pyridine rings is 1. The maximum absolute atomic E-state index is 12.3. The predicted molar refractivity (Wildman–Crippen MR) is 98.4 cm³/mol. The molecule has 0 aromatic carbocycles. The fourth-order valence-electron chi connectivity index (χ4n) is 2.95. The molecule has 0 aliphatic heterocycles. The average Bonchev–Trinajstić information content (AvgIpc) is 3.24. The summed E-state index contributed by atoms with van der Waals surface area (Å²) in [5, 5.41) is 7.83. The molecule has 7 nitrogen and oxygen atoms in total. The van der Waals surface area contributed by atoms with Crippen LogP contribution in [0, 0.1) is 0 Å².